The molecule has 0 fully saturated rings. The van der Waals surface area contributed by atoms with Gasteiger partial charge in [-0.1, -0.05) is 5.16 Å². The van der Waals surface area contributed by atoms with Gasteiger partial charge in [-0.3, -0.25) is 0 Å². The zero-order valence-electron chi connectivity index (χ0n) is 7.34. The van der Waals surface area contributed by atoms with E-state index in [4.69, 9.17) is 9.26 Å². The molecule has 0 spiro atoms. The van der Waals surface area contributed by atoms with Crippen molar-refractivity contribution in [2.24, 2.45) is 0 Å². The van der Waals surface area contributed by atoms with Gasteiger partial charge in [0, 0.05) is 13.2 Å². The normalized spacial score (nSPS) is 12.0. The number of hydrogen-bond acceptors (Lipinski definition) is 3. The fraction of sp³-hybridized carbons (Fsp3) is 0.625. The first-order valence-electron chi connectivity index (χ1n) is 3.55. The molecule has 0 aliphatic rings. The maximum atomic E-state index is 5.20. The number of aryl methyl sites for hydroxylation is 1. The Morgan fingerprint density at radius 2 is 2.18 bits per heavy atom. The van der Waals surface area contributed by atoms with E-state index in [2.05, 4.69) is 5.16 Å². The Hall–Kier alpha value is -0.830. The van der Waals surface area contributed by atoms with E-state index in [0.717, 1.165) is 11.5 Å². The molecule has 1 heterocycles. The highest BCUT2D eigenvalue weighted by molar-refractivity contribution is 5.09. The number of nitrogens with zero attached hydrogens (tertiary/aromatic N) is 1. The van der Waals surface area contributed by atoms with E-state index in [1.165, 1.54) is 0 Å². The minimum Gasteiger partial charge on any atom is -0.371 e. The molecule has 0 N–H and O–H groups in total. The average molecular weight is 155 g/mol. The average Bonchev–Trinajstić information content (AvgIpc) is 2.36. The van der Waals surface area contributed by atoms with E-state index in [9.17, 15) is 0 Å². The highest BCUT2D eigenvalue weighted by Crippen LogP contribution is 2.23. The third-order valence-electron chi connectivity index (χ3n) is 1.73. The summed E-state index contributed by atoms with van der Waals surface area (Å²) in [4.78, 5) is 0. The molecule has 1 aromatic rings. The maximum absolute atomic E-state index is 5.20. The van der Waals surface area contributed by atoms with Crippen molar-refractivity contribution in [2.45, 2.75) is 26.4 Å². The highest BCUT2D eigenvalue weighted by atomic mass is 16.5. The van der Waals surface area contributed by atoms with Gasteiger partial charge in [0.25, 0.3) is 0 Å². The van der Waals surface area contributed by atoms with E-state index in [1.807, 2.05) is 26.8 Å². The van der Waals surface area contributed by atoms with Crippen molar-refractivity contribution in [2.75, 3.05) is 7.11 Å². The van der Waals surface area contributed by atoms with Crippen LogP contribution in [-0.4, -0.2) is 12.3 Å². The van der Waals surface area contributed by atoms with Gasteiger partial charge in [-0.05, 0) is 20.8 Å². The van der Waals surface area contributed by atoms with Crippen LogP contribution in [0.1, 0.15) is 25.3 Å². The number of rotatable bonds is 2. The van der Waals surface area contributed by atoms with Crippen LogP contribution in [0.3, 0.4) is 0 Å². The van der Waals surface area contributed by atoms with E-state index >= 15 is 0 Å². The van der Waals surface area contributed by atoms with Gasteiger partial charge in [0.1, 0.15) is 5.60 Å². The van der Waals surface area contributed by atoms with Crippen molar-refractivity contribution < 1.29 is 9.26 Å². The molecule has 1 rings (SSSR count). The minimum atomic E-state index is -0.374. The Morgan fingerprint density at radius 3 is 2.55 bits per heavy atom. The molecule has 0 aliphatic heterocycles. The number of hydrogen-bond donors (Lipinski definition) is 0. The van der Waals surface area contributed by atoms with Gasteiger partial charge in [0.2, 0.25) is 0 Å². The smallest absolute Gasteiger partial charge is 0.168 e. The van der Waals surface area contributed by atoms with Crippen LogP contribution in [0.15, 0.2) is 10.6 Å². The molecular weight excluding hydrogens is 142 g/mol. The summed E-state index contributed by atoms with van der Waals surface area (Å²) in [6.45, 7) is 5.76. The van der Waals surface area contributed by atoms with E-state index in [0.29, 0.717) is 0 Å². The van der Waals surface area contributed by atoms with Crippen LogP contribution in [0, 0.1) is 6.92 Å². The lowest BCUT2D eigenvalue weighted by atomic mass is 10.1. The van der Waals surface area contributed by atoms with Gasteiger partial charge in [0.05, 0.1) is 5.69 Å². The van der Waals surface area contributed by atoms with Crippen LogP contribution in [-0.2, 0) is 10.3 Å². The van der Waals surface area contributed by atoms with Gasteiger partial charge < -0.3 is 9.26 Å². The third-order valence-corrected chi connectivity index (χ3v) is 1.73. The standard InChI is InChI=1S/C8H13NO2/c1-6-5-7(11-9-6)8(2,3)10-4/h5H,1-4H3. The summed E-state index contributed by atoms with van der Waals surface area (Å²) in [7, 11) is 1.65. The Kier molecular flexibility index (Phi) is 2.00. The second-order valence-electron chi connectivity index (χ2n) is 3.05. The van der Waals surface area contributed by atoms with Crippen molar-refractivity contribution in [3.63, 3.8) is 0 Å². The van der Waals surface area contributed by atoms with Crippen LogP contribution in [0.2, 0.25) is 0 Å². The van der Waals surface area contributed by atoms with E-state index in [1.54, 1.807) is 7.11 Å². The fourth-order valence-electron chi connectivity index (χ4n) is 0.748. The van der Waals surface area contributed by atoms with Crippen molar-refractivity contribution in [3.05, 3.63) is 17.5 Å². The summed E-state index contributed by atoms with van der Waals surface area (Å²) >= 11 is 0. The van der Waals surface area contributed by atoms with Gasteiger partial charge >= 0.3 is 0 Å². The summed E-state index contributed by atoms with van der Waals surface area (Å²) in [6, 6.07) is 1.88. The molecule has 0 aliphatic carbocycles. The summed E-state index contributed by atoms with van der Waals surface area (Å²) in [5.41, 5.74) is 0.506. The molecule has 62 valence electrons. The quantitative estimate of drug-likeness (QED) is 0.654. The van der Waals surface area contributed by atoms with E-state index in [-0.39, 0.29) is 5.60 Å². The first-order chi connectivity index (χ1) is 5.06. The fourth-order valence-corrected chi connectivity index (χ4v) is 0.748. The molecule has 3 heteroatoms. The van der Waals surface area contributed by atoms with Crippen molar-refractivity contribution in [1.82, 2.24) is 5.16 Å². The molecular formula is C8H13NO2. The summed E-state index contributed by atoms with van der Waals surface area (Å²) in [5.74, 6) is 0.762. The number of methoxy groups -OCH3 is 1. The lowest BCUT2D eigenvalue weighted by Gasteiger charge is -2.18. The molecule has 0 amide bonds. The first kappa shape index (κ1) is 8.27. The lowest BCUT2D eigenvalue weighted by Crippen LogP contribution is -2.18. The Bertz CT molecular complexity index is 240. The topological polar surface area (TPSA) is 35.3 Å². The molecule has 3 nitrogen and oxygen atoms in total. The Morgan fingerprint density at radius 1 is 1.55 bits per heavy atom. The maximum Gasteiger partial charge on any atom is 0.168 e. The summed E-state index contributed by atoms with van der Waals surface area (Å²) in [5, 5.41) is 3.78. The second-order valence-corrected chi connectivity index (χ2v) is 3.05. The molecule has 11 heavy (non-hydrogen) atoms. The second kappa shape index (κ2) is 2.66. The largest absolute Gasteiger partial charge is 0.371 e. The number of ether oxygens (including phenoxy) is 1. The lowest BCUT2D eigenvalue weighted by molar-refractivity contribution is -0.00349. The zero-order valence-corrected chi connectivity index (χ0v) is 7.34. The molecule has 0 unspecified atom stereocenters. The zero-order chi connectivity index (χ0) is 8.48. The van der Waals surface area contributed by atoms with Crippen LogP contribution in [0.25, 0.3) is 0 Å². The van der Waals surface area contributed by atoms with Crippen LogP contribution < -0.4 is 0 Å². The minimum absolute atomic E-state index is 0.374. The predicted molar refractivity (Wildman–Crippen MR) is 41.3 cm³/mol. The third kappa shape index (κ3) is 1.60. The molecule has 0 atom stereocenters. The van der Waals surface area contributed by atoms with Crippen LogP contribution in [0.5, 0.6) is 0 Å². The summed E-state index contributed by atoms with van der Waals surface area (Å²) in [6.07, 6.45) is 0. The first-order valence-corrected chi connectivity index (χ1v) is 3.55. The molecule has 1 aromatic heterocycles. The van der Waals surface area contributed by atoms with Gasteiger partial charge in [-0.25, -0.2) is 0 Å². The Labute approximate surface area is 66.3 Å². The Balaban J connectivity index is 2.92. The van der Waals surface area contributed by atoms with Crippen molar-refractivity contribution in [1.29, 1.82) is 0 Å². The van der Waals surface area contributed by atoms with E-state index < -0.39 is 0 Å². The number of aromatic nitrogens is 1. The molecule has 0 saturated carbocycles. The van der Waals surface area contributed by atoms with Crippen LogP contribution >= 0.6 is 0 Å². The van der Waals surface area contributed by atoms with Gasteiger partial charge in [-0.2, -0.15) is 0 Å². The van der Waals surface area contributed by atoms with Gasteiger partial charge in [-0.15, -0.1) is 0 Å². The molecule has 0 saturated heterocycles. The predicted octanol–water partition coefficient (Wildman–Crippen LogP) is 1.86. The van der Waals surface area contributed by atoms with Crippen molar-refractivity contribution >= 4 is 0 Å². The highest BCUT2D eigenvalue weighted by Gasteiger charge is 2.23. The van der Waals surface area contributed by atoms with Crippen molar-refractivity contribution in [3.8, 4) is 0 Å². The van der Waals surface area contributed by atoms with Gasteiger partial charge in [0.15, 0.2) is 5.76 Å². The molecule has 0 aromatic carbocycles. The van der Waals surface area contributed by atoms with Crippen LogP contribution in [0.4, 0.5) is 0 Å². The molecule has 0 radical (unpaired) electrons. The molecule has 0 bridgehead atoms. The SMILES string of the molecule is COC(C)(C)c1cc(C)no1. The monoisotopic (exact) mass is 155 g/mol. The summed E-state index contributed by atoms with van der Waals surface area (Å²) < 4.78 is 10.2.